The summed E-state index contributed by atoms with van der Waals surface area (Å²) >= 11 is 0. The molecule has 0 aliphatic carbocycles. The molecule has 1 saturated heterocycles. The molecule has 3 unspecified atom stereocenters. The minimum atomic E-state index is -0.493. The second kappa shape index (κ2) is 6.52. The second-order valence-electron chi connectivity index (χ2n) is 7.76. The summed E-state index contributed by atoms with van der Waals surface area (Å²) in [6, 6.07) is 6.42. The summed E-state index contributed by atoms with van der Waals surface area (Å²) in [4.78, 5) is 14.3. The molecule has 3 atom stereocenters. The molecular weight excluding hydrogens is 288 g/mol. The van der Waals surface area contributed by atoms with Gasteiger partial charge in [0.25, 0.3) is 0 Å². The highest BCUT2D eigenvalue weighted by molar-refractivity contribution is 5.69. The van der Waals surface area contributed by atoms with Gasteiger partial charge in [0.1, 0.15) is 5.60 Å². The van der Waals surface area contributed by atoms with Crippen LogP contribution in [0.3, 0.4) is 0 Å². The molecule has 1 aromatic rings. The Balaban J connectivity index is 2.28. The van der Waals surface area contributed by atoms with Crippen LogP contribution in [0.4, 0.5) is 4.79 Å². The number of carbonyl (C=O) groups excluding carboxylic acids is 1. The molecule has 2 N–H and O–H groups in total. The molecule has 0 radical (unpaired) electrons. The van der Waals surface area contributed by atoms with Crippen LogP contribution >= 0.6 is 0 Å². The highest BCUT2D eigenvalue weighted by Gasteiger charge is 2.38. The van der Waals surface area contributed by atoms with Gasteiger partial charge in [-0.2, -0.15) is 0 Å². The molecule has 0 spiro atoms. The highest BCUT2D eigenvalue weighted by atomic mass is 16.6. The Morgan fingerprint density at radius 3 is 2.57 bits per heavy atom. The van der Waals surface area contributed by atoms with Crippen molar-refractivity contribution in [1.29, 1.82) is 0 Å². The number of carbonyl (C=O) groups is 1. The van der Waals surface area contributed by atoms with Crippen molar-refractivity contribution in [2.75, 3.05) is 6.54 Å². The number of rotatable bonds is 1. The minimum Gasteiger partial charge on any atom is -0.444 e. The SMILES string of the molecule is Cc1cccc(C2CC(N)CN(C(=O)OC(C)(C)C)C2C)c1C. The third-order valence-electron chi connectivity index (χ3n) is 4.74. The van der Waals surface area contributed by atoms with Gasteiger partial charge in [0.15, 0.2) is 0 Å². The van der Waals surface area contributed by atoms with Gasteiger partial charge in [-0.05, 0) is 64.7 Å². The summed E-state index contributed by atoms with van der Waals surface area (Å²) in [6.07, 6.45) is 0.626. The Labute approximate surface area is 140 Å². The number of nitrogens with two attached hydrogens (primary N) is 1. The molecule has 128 valence electrons. The first-order chi connectivity index (χ1) is 10.6. The van der Waals surface area contributed by atoms with Crippen molar-refractivity contribution in [3.05, 3.63) is 34.9 Å². The zero-order chi connectivity index (χ0) is 17.4. The first-order valence-electron chi connectivity index (χ1n) is 8.41. The van der Waals surface area contributed by atoms with Crippen molar-refractivity contribution in [2.45, 2.75) is 71.6 Å². The maximum absolute atomic E-state index is 12.5. The number of piperidine rings is 1. The van der Waals surface area contributed by atoms with E-state index in [2.05, 4.69) is 39.0 Å². The predicted molar refractivity (Wildman–Crippen MR) is 93.7 cm³/mol. The average Bonchev–Trinajstić information content (AvgIpc) is 2.42. The molecule has 4 nitrogen and oxygen atoms in total. The molecule has 4 heteroatoms. The zero-order valence-electron chi connectivity index (χ0n) is 15.2. The van der Waals surface area contributed by atoms with E-state index in [4.69, 9.17) is 10.5 Å². The van der Waals surface area contributed by atoms with Gasteiger partial charge >= 0.3 is 6.09 Å². The molecule has 1 fully saturated rings. The van der Waals surface area contributed by atoms with E-state index in [0.717, 1.165) is 6.42 Å². The van der Waals surface area contributed by atoms with E-state index in [9.17, 15) is 4.79 Å². The van der Waals surface area contributed by atoms with E-state index >= 15 is 0 Å². The number of likely N-dealkylation sites (tertiary alicyclic amines) is 1. The van der Waals surface area contributed by atoms with Crippen molar-refractivity contribution in [2.24, 2.45) is 5.73 Å². The Morgan fingerprint density at radius 2 is 1.96 bits per heavy atom. The maximum Gasteiger partial charge on any atom is 0.410 e. The van der Waals surface area contributed by atoms with Crippen LogP contribution < -0.4 is 5.73 Å². The maximum atomic E-state index is 12.5. The third-order valence-corrected chi connectivity index (χ3v) is 4.74. The Kier molecular flexibility index (Phi) is 5.04. The minimum absolute atomic E-state index is 0.0244. The highest BCUT2D eigenvalue weighted by Crippen LogP contribution is 2.35. The molecule has 1 aliphatic rings. The first kappa shape index (κ1) is 17.8. The lowest BCUT2D eigenvalue weighted by atomic mass is 9.80. The van der Waals surface area contributed by atoms with Gasteiger partial charge < -0.3 is 15.4 Å². The summed E-state index contributed by atoms with van der Waals surface area (Å²) in [5.74, 6) is 0.242. The Morgan fingerprint density at radius 1 is 1.30 bits per heavy atom. The molecule has 23 heavy (non-hydrogen) atoms. The van der Waals surface area contributed by atoms with E-state index in [1.54, 1.807) is 4.90 Å². The molecule has 1 heterocycles. The van der Waals surface area contributed by atoms with Crippen molar-refractivity contribution in [3.63, 3.8) is 0 Å². The van der Waals surface area contributed by atoms with E-state index in [1.165, 1.54) is 16.7 Å². The molecule has 2 rings (SSSR count). The summed E-state index contributed by atoms with van der Waals surface area (Å²) in [7, 11) is 0. The number of aryl methyl sites for hydroxylation is 1. The quantitative estimate of drug-likeness (QED) is 0.858. The van der Waals surface area contributed by atoms with Crippen LogP contribution in [0.1, 0.15) is 56.7 Å². The average molecular weight is 318 g/mol. The number of nitrogens with zero attached hydrogens (tertiary/aromatic N) is 1. The van der Waals surface area contributed by atoms with Crippen molar-refractivity contribution >= 4 is 6.09 Å². The van der Waals surface area contributed by atoms with E-state index in [0.29, 0.717) is 6.54 Å². The molecule has 0 saturated carbocycles. The molecule has 0 bridgehead atoms. The Bertz CT molecular complexity index is 577. The van der Waals surface area contributed by atoms with Gasteiger partial charge in [-0.15, -0.1) is 0 Å². The van der Waals surface area contributed by atoms with Gasteiger partial charge in [-0.1, -0.05) is 18.2 Å². The molecule has 1 amide bonds. The zero-order valence-corrected chi connectivity index (χ0v) is 15.2. The summed E-state index contributed by atoms with van der Waals surface area (Å²) in [5, 5.41) is 0. The number of amides is 1. The fourth-order valence-electron chi connectivity index (χ4n) is 3.36. The third kappa shape index (κ3) is 4.05. The topological polar surface area (TPSA) is 55.6 Å². The Hall–Kier alpha value is -1.55. The smallest absolute Gasteiger partial charge is 0.410 e. The number of hydrogen-bond donors (Lipinski definition) is 1. The normalized spacial score (nSPS) is 25.3. The van der Waals surface area contributed by atoms with E-state index in [1.807, 2.05) is 20.8 Å². The van der Waals surface area contributed by atoms with Crippen LogP contribution in [0.25, 0.3) is 0 Å². The predicted octanol–water partition coefficient (Wildman–Crippen LogP) is 3.74. The van der Waals surface area contributed by atoms with Gasteiger partial charge in [-0.3, -0.25) is 0 Å². The van der Waals surface area contributed by atoms with Crippen LogP contribution in [0.15, 0.2) is 18.2 Å². The van der Waals surface area contributed by atoms with Gasteiger partial charge in [0.2, 0.25) is 0 Å². The van der Waals surface area contributed by atoms with Crippen molar-refractivity contribution in [1.82, 2.24) is 4.90 Å². The van der Waals surface area contributed by atoms with E-state index in [-0.39, 0.29) is 24.1 Å². The molecule has 1 aliphatic heterocycles. The molecule has 0 aromatic heterocycles. The van der Waals surface area contributed by atoms with Crippen molar-refractivity contribution < 1.29 is 9.53 Å². The fourth-order valence-corrected chi connectivity index (χ4v) is 3.36. The van der Waals surface area contributed by atoms with Crippen LogP contribution in [0.5, 0.6) is 0 Å². The van der Waals surface area contributed by atoms with Crippen LogP contribution in [-0.4, -0.2) is 35.2 Å². The van der Waals surface area contributed by atoms with E-state index < -0.39 is 5.60 Å². The van der Waals surface area contributed by atoms with Crippen LogP contribution in [0, 0.1) is 13.8 Å². The summed E-state index contributed by atoms with van der Waals surface area (Å²) < 4.78 is 5.57. The van der Waals surface area contributed by atoms with Crippen LogP contribution in [0.2, 0.25) is 0 Å². The number of hydrogen-bond acceptors (Lipinski definition) is 3. The lowest BCUT2D eigenvalue weighted by Crippen LogP contribution is -2.54. The number of benzene rings is 1. The monoisotopic (exact) mass is 318 g/mol. The van der Waals surface area contributed by atoms with Gasteiger partial charge in [0.05, 0.1) is 0 Å². The largest absolute Gasteiger partial charge is 0.444 e. The summed E-state index contributed by atoms with van der Waals surface area (Å²) in [5.41, 5.74) is 9.62. The standard InChI is InChI=1S/C19H30N2O2/c1-12-8-7-9-16(13(12)2)17-10-15(20)11-21(14(17)3)18(22)23-19(4,5)6/h7-9,14-15,17H,10-11,20H2,1-6H3. The summed E-state index contributed by atoms with van der Waals surface area (Å²) in [6.45, 7) is 12.6. The number of ether oxygens (including phenoxy) is 1. The lowest BCUT2D eigenvalue weighted by Gasteiger charge is -2.43. The second-order valence-corrected chi connectivity index (χ2v) is 7.76. The molecule has 1 aromatic carbocycles. The van der Waals surface area contributed by atoms with Gasteiger partial charge in [-0.25, -0.2) is 4.79 Å². The molecular formula is C19H30N2O2. The van der Waals surface area contributed by atoms with Gasteiger partial charge in [0, 0.05) is 24.5 Å². The fraction of sp³-hybridized carbons (Fsp3) is 0.632. The lowest BCUT2D eigenvalue weighted by molar-refractivity contribution is 0.00651. The van der Waals surface area contributed by atoms with Crippen molar-refractivity contribution in [3.8, 4) is 0 Å². The first-order valence-corrected chi connectivity index (χ1v) is 8.41. The van der Waals surface area contributed by atoms with Crippen LogP contribution in [-0.2, 0) is 4.74 Å².